The standard InChI is InChI=1S/C14H18N4O2/c1-9-6-12-15-7-11(10(2)18(12)16-9)13(19)17-5-4-14(3,20)8-17/h6-7,20H,4-5,8H2,1-3H3. The molecule has 2 aromatic heterocycles. The van der Waals surface area contributed by atoms with Crippen LogP contribution in [0.15, 0.2) is 12.3 Å². The van der Waals surface area contributed by atoms with E-state index < -0.39 is 5.60 Å². The Morgan fingerprint density at radius 1 is 1.45 bits per heavy atom. The first-order chi connectivity index (χ1) is 9.37. The molecule has 0 bridgehead atoms. The monoisotopic (exact) mass is 274 g/mol. The molecule has 1 amide bonds. The van der Waals surface area contributed by atoms with Crippen molar-refractivity contribution in [2.75, 3.05) is 13.1 Å². The number of hydrogen-bond acceptors (Lipinski definition) is 4. The molecule has 3 rings (SSSR count). The number of aliphatic hydroxyl groups is 1. The van der Waals surface area contributed by atoms with Crippen LogP contribution in [0.25, 0.3) is 5.65 Å². The highest BCUT2D eigenvalue weighted by atomic mass is 16.3. The summed E-state index contributed by atoms with van der Waals surface area (Å²) in [5.74, 6) is -0.0946. The summed E-state index contributed by atoms with van der Waals surface area (Å²) in [5, 5.41) is 14.3. The molecular formula is C14H18N4O2. The second kappa shape index (κ2) is 4.28. The predicted molar refractivity (Wildman–Crippen MR) is 73.6 cm³/mol. The average Bonchev–Trinajstić information content (AvgIpc) is 2.92. The second-order valence-corrected chi connectivity index (χ2v) is 5.79. The van der Waals surface area contributed by atoms with Crippen LogP contribution in [0.3, 0.4) is 0 Å². The van der Waals surface area contributed by atoms with Gasteiger partial charge in [-0.25, -0.2) is 9.50 Å². The zero-order valence-electron chi connectivity index (χ0n) is 11.9. The third kappa shape index (κ3) is 2.06. The fraction of sp³-hybridized carbons (Fsp3) is 0.500. The summed E-state index contributed by atoms with van der Waals surface area (Å²) >= 11 is 0. The molecule has 1 N–H and O–H groups in total. The number of nitrogens with zero attached hydrogens (tertiary/aromatic N) is 4. The van der Waals surface area contributed by atoms with Crippen molar-refractivity contribution < 1.29 is 9.90 Å². The topological polar surface area (TPSA) is 70.7 Å². The number of carbonyl (C=O) groups is 1. The molecule has 1 saturated heterocycles. The fourth-order valence-electron chi connectivity index (χ4n) is 2.66. The lowest BCUT2D eigenvalue weighted by Crippen LogP contribution is -2.34. The minimum Gasteiger partial charge on any atom is -0.388 e. The lowest BCUT2D eigenvalue weighted by Gasteiger charge is -2.19. The highest BCUT2D eigenvalue weighted by Gasteiger charge is 2.35. The Morgan fingerprint density at radius 3 is 2.85 bits per heavy atom. The van der Waals surface area contributed by atoms with Gasteiger partial charge in [0.1, 0.15) is 0 Å². The molecule has 1 unspecified atom stereocenters. The Balaban J connectivity index is 1.98. The number of β-amino-alcohol motifs (C(OH)–C–C–N with tert-alkyl or cyclic N) is 1. The summed E-state index contributed by atoms with van der Waals surface area (Å²) in [7, 11) is 0. The third-order valence-electron chi connectivity index (χ3n) is 3.82. The van der Waals surface area contributed by atoms with Crippen molar-refractivity contribution in [1.29, 1.82) is 0 Å². The van der Waals surface area contributed by atoms with Crippen LogP contribution in [-0.2, 0) is 0 Å². The molecule has 6 heteroatoms. The molecular weight excluding hydrogens is 256 g/mol. The maximum Gasteiger partial charge on any atom is 0.257 e. The number of amides is 1. The van der Waals surface area contributed by atoms with Crippen LogP contribution in [0.5, 0.6) is 0 Å². The fourth-order valence-corrected chi connectivity index (χ4v) is 2.66. The third-order valence-corrected chi connectivity index (χ3v) is 3.82. The minimum atomic E-state index is -0.788. The highest BCUT2D eigenvalue weighted by molar-refractivity contribution is 5.95. The molecule has 2 aromatic rings. The summed E-state index contributed by atoms with van der Waals surface area (Å²) < 4.78 is 1.69. The van der Waals surface area contributed by atoms with Gasteiger partial charge in [0, 0.05) is 25.4 Å². The molecule has 0 spiro atoms. The van der Waals surface area contributed by atoms with Crippen molar-refractivity contribution in [2.24, 2.45) is 0 Å². The van der Waals surface area contributed by atoms with Crippen molar-refractivity contribution in [3.8, 4) is 0 Å². The van der Waals surface area contributed by atoms with Gasteiger partial charge in [0.15, 0.2) is 5.65 Å². The van der Waals surface area contributed by atoms with Gasteiger partial charge in [0.25, 0.3) is 5.91 Å². The van der Waals surface area contributed by atoms with Crippen LogP contribution in [0.2, 0.25) is 0 Å². The SMILES string of the molecule is Cc1cc2ncc(C(=O)N3CCC(C)(O)C3)c(C)n2n1. The Morgan fingerprint density at radius 2 is 2.20 bits per heavy atom. The number of carbonyl (C=O) groups excluding carboxylic acids is 1. The molecule has 106 valence electrons. The molecule has 0 aliphatic carbocycles. The van der Waals surface area contributed by atoms with Crippen LogP contribution in [-0.4, -0.2) is 49.2 Å². The first-order valence-corrected chi connectivity index (χ1v) is 6.71. The average molecular weight is 274 g/mol. The zero-order chi connectivity index (χ0) is 14.5. The van der Waals surface area contributed by atoms with E-state index in [4.69, 9.17) is 0 Å². The molecule has 0 aromatic carbocycles. The zero-order valence-corrected chi connectivity index (χ0v) is 11.9. The molecule has 6 nitrogen and oxygen atoms in total. The van der Waals surface area contributed by atoms with Crippen LogP contribution < -0.4 is 0 Å². The van der Waals surface area contributed by atoms with Crippen LogP contribution in [0.1, 0.15) is 35.1 Å². The summed E-state index contributed by atoms with van der Waals surface area (Å²) in [5.41, 5.74) is 2.14. The van der Waals surface area contributed by atoms with Gasteiger partial charge in [0.2, 0.25) is 0 Å². The Bertz CT molecular complexity index is 690. The Kier molecular flexibility index (Phi) is 2.79. The molecule has 1 atom stereocenters. The van der Waals surface area contributed by atoms with E-state index in [0.29, 0.717) is 25.1 Å². The van der Waals surface area contributed by atoms with Gasteiger partial charge >= 0.3 is 0 Å². The van der Waals surface area contributed by atoms with E-state index in [1.54, 1.807) is 22.5 Å². The molecule has 1 aliphatic heterocycles. The number of rotatable bonds is 1. The van der Waals surface area contributed by atoms with E-state index in [-0.39, 0.29) is 5.91 Å². The van der Waals surface area contributed by atoms with Crippen molar-refractivity contribution >= 4 is 11.6 Å². The van der Waals surface area contributed by atoms with Crippen molar-refractivity contribution in [3.63, 3.8) is 0 Å². The quantitative estimate of drug-likeness (QED) is 0.840. The van der Waals surface area contributed by atoms with Gasteiger partial charge in [0.05, 0.1) is 22.6 Å². The largest absolute Gasteiger partial charge is 0.388 e. The maximum atomic E-state index is 12.5. The van der Waals surface area contributed by atoms with E-state index in [1.165, 1.54) is 0 Å². The van der Waals surface area contributed by atoms with E-state index in [1.807, 2.05) is 19.9 Å². The first kappa shape index (κ1) is 13.1. The summed E-state index contributed by atoms with van der Waals surface area (Å²) in [6, 6.07) is 1.88. The molecule has 0 radical (unpaired) electrons. The van der Waals surface area contributed by atoms with Crippen molar-refractivity contribution in [3.05, 3.63) is 29.2 Å². The highest BCUT2D eigenvalue weighted by Crippen LogP contribution is 2.23. The second-order valence-electron chi connectivity index (χ2n) is 5.79. The smallest absolute Gasteiger partial charge is 0.257 e. The van der Waals surface area contributed by atoms with Gasteiger partial charge in [-0.05, 0) is 27.2 Å². The van der Waals surface area contributed by atoms with E-state index in [2.05, 4.69) is 10.1 Å². The van der Waals surface area contributed by atoms with Crippen LogP contribution >= 0.6 is 0 Å². The normalized spacial score (nSPS) is 22.7. The maximum absolute atomic E-state index is 12.5. The summed E-state index contributed by atoms with van der Waals surface area (Å²) in [6.07, 6.45) is 2.20. The summed E-state index contributed by atoms with van der Waals surface area (Å²) in [6.45, 7) is 6.45. The van der Waals surface area contributed by atoms with E-state index >= 15 is 0 Å². The Labute approximate surface area is 117 Å². The lowest BCUT2D eigenvalue weighted by molar-refractivity contribution is 0.0571. The van der Waals surface area contributed by atoms with Crippen molar-refractivity contribution in [1.82, 2.24) is 19.5 Å². The van der Waals surface area contributed by atoms with Gasteiger partial charge in [-0.2, -0.15) is 5.10 Å². The number of aryl methyl sites for hydroxylation is 2. The Hall–Kier alpha value is -1.95. The minimum absolute atomic E-state index is 0.0946. The molecule has 3 heterocycles. The predicted octanol–water partition coefficient (Wildman–Crippen LogP) is 0.943. The molecule has 1 aliphatic rings. The molecule has 1 fully saturated rings. The van der Waals surface area contributed by atoms with Crippen LogP contribution in [0.4, 0.5) is 0 Å². The van der Waals surface area contributed by atoms with E-state index in [0.717, 1.165) is 17.0 Å². The van der Waals surface area contributed by atoms with Gasteiger partial charge in [-0.1, -0.05) is 0 Å². The van der Waals surface area contributed by atoms with Gasteiger partial charge in [-0.3, -0.25) is 4.79 Å². The number of fused-ring (bicyclic) bond motifs is 1. The summed E-state index contributed by atoms with van der Waals surface area (Å²) in [4.78, 5) is 18.5. The van der Waals surface area contributed by atoms with Gasteiger partial charge in [-0.15, -0.1) is 0 Å². The lowest BCUT2D eigenvalue weighted by atomic mass is 10.1. The van der Waals surface area contributed by atoms with E-state index in [9.17, 15) is 9.90 Å². The number of aromatic nitrogens is 3. The molecule has 0 saturated carbocycles. The number of hydrogen-bond donors (Lipinski definition) is 1. The van der Waals surface area contributed by atoms with Crippen LogP contribution in [0, 0.1) is 13.8 Å². The van der Waals surface area contributed by atoms with Crippen molar-refractivity contribution in [2.45, 2.75) is 32.8 Å². The molecule has 20 heavy (non-hydrogen) atoms. The van der Waals surface area contributed by atoms with Gasteiger partial charge < -0.3 is 10.0 Å². The number of likely N-dealkylation sites (tertiary alicyclic amines) is 1. The first-order valence-electron chi connectivity index (χ1n) is 6.71.